The maximum absolute atomic E-state index is 6.65. The van der Waals surface area contributed by atoms with Crippen molar-refractivity contribution in [3.05, 3.63) is 22.7 Å². The Balaban J connectivity index is 1.86. The van der Waals surface area contributed by atoms with Crippen LogP contribution in [0.25, 0.3) is 0 Å². The van der Waals surface area contributed by atoms with Crippen molar-refractivity contribution in [2.24, 2.45) is 5.92 Å². The second-order valence-electron chi connectivity index (χ2n) is 5.32. The SMILES string of the molecule is Clc1cc2c(cc1C(Cl)C1CCCCC1)OCCO2. The Kier molecular flexibility index (Phi) is 4.09. The lowest BCUT2D eigenvalue weighted by atomic mass is 9.84. The summed E-state index contributed by atoms with van der Waals surface area (Å²) in [5.74, 6) is 2.02. The van der Waals surface area contributed by atoms with Gasteiger partial charge in [-0.05, 0) is 30.4 Å². The van der Waals surface area contributed by atoms with Gasteiger partial charge in [0, 0.05) is 11.1 Å². The Morgan fingerprint density at radius 2 is 1.63 bits per heavy atom. The maximum atomic E-state index is 6.65. The Labute approximate surface area is 124 Å². The van der Waals surface area contributed by atoms with E-state index < -0.39 is 0 Å². The molecule has 0 saturated heterocycles. The van der Waals surface area contributed by atoms with E-state index in [1.165, 1.54) is 32.1 Å². The monoisotopic (exact) mass is 300 g/mol. The molecule has 4 heteroatoms. The van der Waals surface area contributed by atoms with E-state index in [1.54, 1.807) is 0 Å². The molecule has 0 radical (unpaired) electrons. The minimum Gasteiger partial charge on any atom is -0.486 e. The summed E-state index contributed by atoms with van der Waals surface area (Å²) < 4.78 is 11.1. The lowest BCUT2D eigenvalue weighted by Gasteiger charge is -2.28. The second kappa shape index (κ2) is 5.80. The van der Waals surface area contributed by atoms with Crippen molar-refractivity contribution in [3.63, 3.8) is 0 Å². The molecule has 19 heavy (non-hydrogen) atoms. The molecular formula is C15H18Cl2O2. The van der Waals surface area contributed by atoms with Crippen molar-refractivity contribution in [2.45, 2.75) is 37.5 Å². The van der Waals surface area contributed by atoms with Crippen molar-refractivity contribution in [1.29, 1.82) is 0 Å². The van der Waals surface area contributed by atoms with Crippen LogP contribution in [-0.4, -0.2) is 13.2 Å². The molecule has 0 N–H and O–H groups in total. The highest BCUT2D eigenvalue weighted by atomic mass is 35.5. The lowest BCUT2D eigenvalue weighted by Crippen LogP contribution is -2.17. The van der Waals surface area contributed by atoms with Gasteiger partial charge in [0.25, 0.3) is 0 Å². The van der Waals surface area contributed by atoms with Crippen LogP contribution in [0.5, 0.6) is 11.5 Å². The molecule has 0 aromatic heterocycles. The molecule has 1 fully saturated rings. The van der Waals surface area contributed by atoms with Gasteiger partial charge in [0.15, 0.2) is 11.5 Å². The molecule has 1 saturated carbocycles. The molecule has 104 valence electrons. The molecule has 2 nitrogen and oxygen atoms in total. The fourth-order valence-electron chi connectivity index (χ4n) is 2.97. The molecule has 0 bridgehead atoms. The maximum Gasteiger partial charge on any atom is 0.162 e. The quantitative estimate of drug-likeness (QED) is 0.718. The Hall–Kier alpha value is -0.600. The Morgan fingerprint density at radius 1 is 1.00 bits per heavy atom. The molecule has 1 aromatic carbocycles. The number of halogens is 2. The van der Waals surface area contributed by atoms with Crippen LogP contribution in [0.15, 0.2) is 12.1 Å². The van der Waals surface area contributed by atoms with Gasteiger partial charge in [0.2, 0.25) is 0 Å². The number of benzene rings is 1. The first-order valence-electron chi connectivity index (χ1n) is 6.99. The average Bonchev–Trinajstić information content (AvgIpc) is 2.47. The van der Waals surface area contributed by atoms with Crippen LogP contribution >= 0.6 is 23.2 Å². The van der Waals surface area contributed by atoms with E-state index in [2.05, 4.69) is 0 Å². The number of rotatable bonds is 2. The number of fused-ring (bicyclic) bond motifs is 1. The second-order valence-corrected chi connectivity index (χ2v) is 6.19. The van der Waals surface area contributed by atoms with E-state index in [0.29, 0.717) is 24.2 Å². The van der Waals surface area contributed by atoms with Crippen LogP contribution in [0.4, 0.5) is 0 Å². The molecule has 1 atom stereocenters. The molecule has 1 aromatic rings. The third-order valence-electron chi connectivity index (χ3n) is 4.02. The molecule has 1 aliphatic carbocycles. The highest BCUT2D eigenvalue weighted by Crippen LogP contribution is 2.45. The van der Waals surface area contributed by atoms with Gasteiger partial charge in [-0.15, -0.1) is 11.6 Å². The van der Waals surface area contributed by atoms with Crippen molar-refractivity contribution < 1.29 is 9.47 Å². The summed E-state index contributed by atoms with van der Waals surface area (Å²) in [6, 6.07) is 3.80. The summed E-state index contributed by atoms with van der Waals surface area (Å²) in [6.07, 6.45) is 6.26. The first-order valence-corrected chi connectivity index (χ1v) is 7.80. The molecule has 0 spiro atoms. The van der Waals surface area contributed by atoms with Crippen LogP contribution in [0.2, 0.25) is 5.02 Å². The number of ether oxygens (including phenoxy) is 2. The van der Waals surface area contributed by atoms with Crippen LogP contribution < -0.4 is 9.47 Å². The van der Waals surface area contributed by atoms with Gasteiger partial charge >= 0.3 is 0 Å². The van der Waals surface area contributed by atoms with E-state index >= 15 is 0 Å². The predicted molar refractivity (Wildman–Crippen MR) is 77.6 cm³/mol. The summed E-state index contributed by atoms with van der Waals surface area (Å²) >= 11 is 13.0. The van der Waals surface area contributed by atoms with E-state index in [4.69, 9.17) is 32.7 Å². The van der Waals surface area contributed by atoms with Crippen molar-refractivity contribution in [3.8, 4) is 11.5 Å². The zero-order valence-corrected chi connectivity index (χ0v) is 12.3. The molecular weight excluding hydrogens is 283 g/mol. The van der Waals surface area contributed by atoms with Crippen LogP contribution in [0.3, 0.4) is 0 Å². The van der Waals surface area contributed by atoms with Crippen LogP contribution in [0, 0.1) is 5.92 Å². The van der Waals surface area contributed by atoms with Gasteiger partial charge in [0.1, 0.15) is 13.2 Å². The molecule has 2 aliphatic rings. The summed E-state index contributed by atoms with van der Waals surface area (Å²) in [4.78, 5) is 0. The van der Waals surface area contributed by atoms with Gasteiger partial charge in [-0.2, -0.15) is 0 Å². The fourth-order valence-corrected chi connectivity index (χ4v) is 3.73. The van der Waals surface area contributed by atoms with E-state index in [-0.39, 0.29) is 5.38 Å². The first-order chi connectivity index (χ1) is 9.25. The van der Waals surface area contributed by atoms with Gasteiger partial charge in [-0.1, -0.05) is 30.9 Å². The van der Waals surface area contributed by atoms with E-state index in [9.17, 15) is 0 Å². The molecule has 1 heterocycles. The highest BCUT2D eigenvalue weighted by molar-refractivity contribution is 6.33. The van der Waals surface area contributed by atoms with Gasteiger partial charge < -0.3 is 9.47 Å². The van der Waals surface area contributed by atoms with E-state index in [1.807, 2.05) is 12.1 Å². The third-order valence-corrected chi connectivity index (χ3v) is 4.94. The minimum absolute atomic E-state index is 0.0244. The summed E-state index contributed by atoms with van der Waals surface area (Å²) in [5, 5.41) is 0.665. The number of hydrogen-bond acceptors (Lipinski definition) is 2. The molecule has 1 unspecified atom stereocenters. The van der Waals surface area contributed by atoms with Crippen LogP contribution in [0.1, 0.15) is 43.0 Å². The first kappa shape index (κ1) is 13.4. The average molecular weight is 301 g/mol. The largest absolute Gasteiger partial charge is 0.486 e. The van der Waals surface area contributed by atoms with Crippen molar-refractivity contribution in [1.82, 2.24) is 0 Å². The smallest absolute Gasteiger partial charge is 0.162 e. The highest BCUT2D eigenvalue weighted by Gasteiger charge is 2.26. The Morgan fingerprint density at radius 3 is 2.32 bits per heavy atom. The van der Waals surface area contributed by atoms with Gasteiger partial charge in [-0.3, -0.25) is 0 Å². The summed E-state index contributed by atoms with van der Waals surface area (Å²) in [5.41, 5.74) is 0.986. The van der Waals surface area contributed by atoms with Crippen molar-refractivity contribution in [2.75, 3.05) is 13.2 Å². The fraction of sp³-hybridized carbons (Fsp3) is 0.600. The Bertz CT molecular complexity index is 456. The van der Waals surface area contributed by atoms with Crippen LogP contribution in [-0.2, 0) is 0 Å². The summed E-state index contributed by atoms with van der Waals surface area (Å²) in [6.45, 7) is 1.17. The predicted octanol–water partition coefficient (Wildman–Crippen LogP) is 4.97. The zero-order chi connectivity index (χ0) is 13.2. The standard InChI is InChI=1S/C15H18Cl2O2/c16-12-9-14-13(18-6-7-19-14)8-11(12)15(17)10-4-2-1-3-5-10/h8-10,15H,1-7H2. The normalized spacial score (nSPS) is 21.2. The van der Waals surface area contributed by atoms with Crippen molar-refractivity contribution >= 4 is 23.2 Å². The topological polar surface area (TPSA) is 18.5 Å². The number of hydrogen-bond donors (Lipinski definition) is 0. The molecule has 3 rings (SSSR count). The summed E-state index contributed by atoms with van der Waals surface area (Å²) in [7, 11) is 0. The van der Waals surface area contributed by atoms with E-state index in [0.717, 1.165) is 17.1 Å². The number of alkyl halides is 1. The molecule has 1 aliphatic heterocycles. The molecule has 0 amide bonds. The van der Waals surface area contributed by atoms with Gasteiger partial charge in [0.05, 0.1) is 5.38 Å². The lowest BCUT2D eigenvalue weighted by molar-refractivity contribution is 0.171. The van der Waals surface area contributed by atoms with Gasteiger partial charge in [-0.25, -0.2) is 0 Å². The third kappa shape index (κ3) is 2.80. The minimum atomic E-state index is -0.0244. The zero-order valence-electron chi connectivity index (χ0n) is 10.8.